The second kappa shape index (κ2) is 7.03. The van der Waals surface area contributed by atoms with Crippen LogP contribution in [0.4, 0.5) is 16.3 Å². The van der Waals surface area contributed by atoms with E-state index in [0.717, 1.165) is 0 Å². The maximum absolute atomic E-state index is 12.3. The van der Waals surface area contributed by atoms with Gasteiger partial charge in [0.15, 0.2) is 11.5 Å². The quantitative estimate of drug-likeness (QED) is 0.692. The number of nitrogens with zero attached hydrogens (tertiary/aromatic N) is 3. The first-order chi connectivity index (χ1) is 13.6. The first kappa shape index (κ1) is 17.5. The fraction of sp³-hybridized carbons (Fsp3) is 0.158. The molecule has 0 atom stereocenters. The van der Waals surface area contributed by atoms with Gasteiger partial charge >= 0.3 is 12.0 Å². The molecule has 0 saturated carbocycles. The number of anilines is 2. The number of carbonyl (C=O) groups excluding carboxylic acids is 2. The number of fused-ring (bicyclic) bond motifs is 2. The molecule has 3 aromatic rings. The van der Waals surface area contributed by atoms with Crippen LogP contribution in [0.1, 0.15) is 17.3 Å². The highest BCUT2D eigenvalue weighted by molar-refractivity contribution is 6.09. The van der Waals surface area contributed by atoms with E-state index >= 15 is 0 Å². The molecule has 2 N–H and O–H groups in total. The lowest BCUT2D eigenvalue weighted by Crippen LogP contribution is -2.32. The van der Waals surface area contributed by atoms with Gasteiger partial charge in [0.05, 0.1) is 17.7 Å². The van der Waals surface area contributed by atoms with Gasteiger partial charge in [0.25, 0.3) is 0 Å². The SMILES string of the molecule is CCOC(=O)c1cnc2c(N(C(N)=O)c3ccccn3)c3c(cc2c1)OCO3. The number of benzene rings is 1. The Labute approximate surface area is 159 Å². The number of aromatic nitrogens is 2. The molecule has 0 radical (unpaired) electrons. The van der Waals surface area contributed by atoms with Crippen molar-refractivity contribution >= 4 is 34.4 Å². The van der Waals surface area contributed by atoms with Gasteiger partial charge in [-0.15, -0.1) is 0 Å². The molecule has 0 unspecified atom stereocenters. The molecular weight excluding hydrogens is 364 g/mol. The zero-order valence-corrected chi connectivity index (χ0v) is 14.9. The third kappa shape index (κ3) is 2.92. The highest BCUT2D eigenvalue weighted by atomic mass is 16.7. The summed E-state index contributed by atoms with van der Waals surface area (Å²) in [5, 5.41) is 0.562. The third-order valence-corrected chi connectivity index (χ3v) is 4.12. The van der Waals surface area contributed by atoms with Crippen LogP contribution in [-0.4, -0.2) is 35.4 Å². The first-order valence-electron chi connectivity index (χ1n) is 8.50. The van der Waals surface area contributed by atoms with Crippen molar-refractivity contribution in [3.05, 3.63) is 48.3 Å². The topological polar surface area (TPSA) is 117 Å². The average molecular weight is 380 g/mol. The molecular formula is C19H16N4O5. The number of urea groups is 1. The summed E-state index contributed by atoms with van der Waals surface area (Å²) < 4.78 is 16.1. The van der Waals surface area contributed by atoms with Crippen LogP contribution in [-0.2, 0) is 4.74 Å². The zero-order chi connectivity index (χ0) is 19.7. The lowest BCUT2D eigenvalue weighted by molar-refractivity contribution is 0.0526. The summed E-state index contributed by atoms with van der Waals surface area (Å²) in [6.07, 6.45) is 2.92. The maximum Gasteiger partial charge on any atom is 0.339 e. The number of amides is 2. The van der Waals surface area contributed by atoms with E-state index in [1.165, 1.54) is 11.1 Å². The van der Waals surface area contributed by atoms with Crippen molar-refractivity contribution < 1.29 is 23.8 Å². The molecule has 0 saturated heterocycles. The van der Waals surface area contributed by atoms with Crippen molar-refractivity contribution in [2.75, 3.05) is 18.3 Å². The van der Waals surface area contributed by atoms with E-state index in [1.54, 1.807) is 43.5 Å². The van der Waals surface area contributed by atoms with Crippen LogP contribution in [0.25, 0.3) is 10.9 Å². The molecule has 0 bridgehead atoms. The van der Waals surface area contributed by atoms with Crippen LogP contribution in [0.5, 0.6) is 11.5 Å². The number of nitrogens with two attached hydrogens (primary N) is 1. The van der Waals surface area contributed by atoms with E-state index in [2.05, 4.69) is 9.97 Å². The van der Waals surface area contributed by atoms with Gasteiger partial charge in [-0.3, -0.25) is 4.98 Å². The number of carbonyl (C=O) groups is 2. The Morgan fingerprint density at radius 3 is 2.82 bits per heavy atom. The van der Waals surface area contributed by atoms with E-state index in [0.29, 0.717) is 33.9 Å². The van der Waals surface area contributed by atoms with Crippen LogP contribution in [0, 0.1) is 0 Å². The first-order valence-corrected chi connectivity index (χ1v) is 8.50. The van der Waals surface area contributed by atoms with Crippen LogP contribution in [0.3, 0.4) is 0 Å². The standard InChI is InChI=1S/C19H16N4O5/c1-2-26-18(24)12-7-11-8-13-17(28-10-27-13)16(15(11)22-9-12)23(19(20)25)14-5-3-4-6-21-14/h3-9H,2,10H2,1H3,(H2,20,25). The normalized spacial score (nSPS) is 12.0. The van der Waals surface area contributed by atoms with Crippen molar-refractivity contribution in [1.82, 2.24) is 9.97 Å². The molecule has 0 aliphatic carbocycles. The van der Waals surface area contributed by atoms with E-state index in [-0.39, 0.29) is 19.0 Å². The highest BCUT2D eigenvalue weighted by Crippen LogP contribution is 2.47. The van der Waals surface area contributed by atoms with Crippen molar-refractivity contribution in [3.63, 3.8) is 0 Å². The lowest BCUT2D eigenvalue weighted by Gasteiger charge is -2.22. The van der Waals surface area contributed by atoms with Crippen LogP contribution in [0.2, 0.25) is 0 Å². The Kier molecular flexibility index (Phi) is 4.40. The molecule has 9 heteroatoms. The van der Waals surface area contributed by atoms with Gasteiger partial charge in [-0.1, -0.05) is 6.07 Å². The summed E-state index contributed by atoms with van der Waals surface area (Å²) in [6, 6.07) is 7.63. The molecule has 1 aromatic carbocycles. The Bertz CT molecular complexity index is 1070. The van der Waals surface area contributed by atoms with Gasteiger partial charge in [-0.05, 0) is 31.2 Å². The number of ether oxygens (including phenoxy) is 3. The molecule has 2 amide bonds. The zero-order valence-electron chi connectivity index (χ0n) is 14.9. The van der Waals surface area contributed by atoms with Crippen molar-refractivity contribution in [1.29, 1.82) is 0 Å². The number of rotatable bonds is 4. The molecule has 4 rings (SSSR count). The Hall–Kier alpha value is -3.88. The summed E-state index contributed by atoms with van der Waals surface area (Å²) in [7, 11) is 0. The summed E-state index contributed by atoms with van der Waals surface area (Å²) in [5.41, 5.74) is 6.63. The number of esters is 1. The Morgan fingerprint density at radius 2 is 2.11 bits per heavy atom. The van der Waals surface area contributed by atoms with Crippen molar-refractivity contribution in [2.45, 2.75) is 6.92 Å². The summed E-state index contributed by atoms with van der Waals surface area (Å²) in [4.78, 5) is 34.2. The minimum absolute atomic E-state index is 0.0157. The molecule has 1 aliphatic heterocycles. The van der Waals surface area contributed by atoms with Gasteiger partial charge in [0, 0.05) is 17.8 Å². The van der Waals surface area contributed by atoms with E-state index in [9.17, 15) is 9.59 Å². The average Bonchev–Trinajstić information content (AvgIpc) is 3.16. The van der Waals surface area contributed by atoms with Gasteiger partial charge in [-0.25, -0.2) is 19.5 Å². The molecule has 28 heavy (non-hydrogen) atoms. The smallest absolute Gasteiger partial charge is 0.339 e. The second-order valence-electron chi connectivity index (χ2n) is 5.84. The largest absolute Gasteiger partial charge is 0.462 e. The van der Waals surface area contributed by atoms with E-state index in [1.807, 2.05) is 0 Å². The Morgan fingerprint density at radius 1 is 1.25 bits per heavy atom. The third-order valence-electron chi connectivity index (χ3n) is 4.12. The number of hydrogen-bond acceptors (Lipinski definition) is 7. The van der Waals surface area contributed by atoms with E-state index in [4.69, 9.17) is 19.9 Å². The van der Waals surface area contributed by atoms with Gasteiger partial charge in [0.1, 0.15) is 11.5 Å². The number of primary amides is 1. The molecule has 1 aliphatic rings. The summed E-state index contributed by atoms with van der Waals surface area (Å²) >= 11 is 0. The molecule has 0 spiro atoms. The minimum Gasteiger partial charge on any atom is -0.462 e. The van der Waals surface area contributed by atoms with Crippen LogP contribution in [0.15, 0.2) is 42.7 Å². The number of pyridine rings is 2. The van der Waals surface area contributed by atoms with Gasteiger partial charge in [-0.2, -0.15) is 0 Å². The fourth-order valence-electron chi connectivity index (χ4n) is 2.98. The maximum atomic E-state index is 12.3. The Balaban J connectivity index is 1.96. The predicted octanol–water partition coefficient (Wildman–Crippen LogP) is 2.75. The lowest BCUT2D eigenvalue weighted by atomic mass is 10.1. The highest BCUT2D eigenvalue weighted by Gasteiger charge is 2.30. The van der Waals surface area contributed by atoms with Crippen molar-refractivity contribution in [2.24, 2.45) is 5.73 Å². The van der Waals surface area contributed by atoms with Gasteiger partial charge in [0.2, 0.25) is 6.79 Å². The molecule has 2 aromatic heterocycles. The number of hydrogen-bond donors (Lipinski definition) is 1. The summed E-state index contributed by atoms with van der Waals surface area (Å²) in [5.74, 6) is 0.546. The van der Waals surface area contributed by atoms with Crippen molar-refractivity contribution in [3.8, 4) is 11.5 Å². The van der Waals surface area contributed by atoms with Crippen LogP contribution < -0.4 is 20.1 Å². The second-order valence-corrected chi connectivity index (χ2v) is 5.84. The van der Waals surface area contributed by atoms with Gasteiger partial charge < -0.3 is 19.9 Å². The molecule has 9 nitrogen and oxygen atoms in total. The molecule has 3 heterocycles. The summed E-state index contributed by atoms with van der Waals surface area (Å²) in [6.45, 7) is 1.96. The predicted molar refractivity (Wildman–Crippen MR) is 99.8 cm³/mol. The minimum atomic E-state index is -0.764. The monoisotopic (exact) mass is 380 g/mol. The molecule has 142 valence electrons. The van der Waals surface area contributed by atoms with Crippen LogP contribution >= 0.6 is 0 Å². The molecule has 0 fully saturated rings. The fourth-order valence-corrected chi connectivity index (χ4v) is 2.98. The van der Waals surface area contributed by atoms with E-state index < -0.39 is 12.0 Å².